The Labute approximate surface area is 229 Å². The van der Waals surface area contributed by atoms with E-state index in [0.29, 0.717) is 29.5 Å². The van der Waals surface area contributed by atoms with Gasteiger partial charge in [0.1, 0.15) is 0 Å². The number of allylic oxidation sites excluding steroid dienone is 2. The van der Waals surface area contributed by atoms with Gasteiger partial charge in [0, 0.05) is 23.8 Å². The summed E-state index contributed by atoms with van der Waals surface area (Å²) < 4.78 is 24.9. The number of nitrogens with one attached hydrogen (secondary N) is 1. The van der Waals surface area contributed by atoms with Crippen LogP contribution in [-0.4, -0.2) is 38.8 Å². The summed E-state index contributed by atoms with van der Waals surface area (Å²) in [6.07, 6.45) is 5.61. The summed E-state index contributed by atoms with van der Waals surface area (Å²) in [5, 5.41) is 3.67. The van der Waals surface area contributed by atoms with Crippen LogP contribution >= 0.6 is 23.2 Å². The Morgan fingerprint density at radius 1 is 1.16 bits per heavy atom. The fourth-order valence-corrected chi connectivity index (χ4v) is 5.81. The van der Waals surface area contributed by atoms with Crippen LogP contribution in [0.4, 0.5) is 0 Å². The average molecular weight is 563 g/mol. The van der Waals surface area contributed by atoms with Crippen LogP contribution in [0.25, 0.3) is 5.57 Å². The second-order valence-electron chi connectivity index (χ2n) is 9.56. The van der Waals surface area contributed by atoms with Gasteiger partial charge in [0.2, 0.25) is 0 Å². The molecule has 2 aromatic carbocycles. The van der Waals surface area contributed by atoms with Crippen molar-refractivity contribution in [1.82, 2.24) is 5.32 Å². The van der Waals surface area contributed by atoms with E-state index in [1.807, 2.05) is 14.0 Å². The molecule has 5 nitrogen and oxygen atoms in total. The van der Waals surface area contributed by atoms with Gasteiger partial charge in [-0.15, -0.1) is 0 Å². The molecule has 0 heterocycles. The third-order valence-corrected chi connectivity index (χ3v) is 9.05. The van der Waals surface area contributed by atoms with Crippen molar-refractivity contribution in [2.45, 2.75) is 51.8 Å². The molecule has 0 saturated heterocycles. The summed E-state index contributed by atoms with van der Waals surface area (Å²) in [5.41, 5.74) is 3.12. The summed E-state index contributed by atoms with van der Waals surface area (Å²) in [4.78, 5) is 26.7. The van der Waals surface area contributed by atoms with E-state index in [0.717, 1.165) is 17.6 Å². The van der Waals surface area contributed by atoms with E-state index in [-0.39, 0.29) is 50.6 Å². The highest BCUT2D eigenvalue weighted by molar-refractivity contribution is 7.90. The number of likely N-dealkylation sites (N-methyl/N-ethyl adjacent to an activating group) is 1. The van der Waals surface area contributed by atoms with Crippen LogP contribution < -0.4 is 5.32 Å². The zero-order valence-corrected chi connectivity index (χ0v) is 23.9. The molecule has 0 spiro atoms. The smallest absolute Gasteiger partial charge is 0.196 e. The van der Waals surface area contributed by atoms with Gasteiger partial charge in [0.15, 0.2) is 21.4 Å². The van der Waals surface area contributed by atoms with Gasteiger partial charge in [-0.05, 0) is 79.3 Å². The molecule has 1 unspecified atom stereocenters. The first-order chi connectivity index (χ1) is 17.5. The lowest BCUT2D eigenvalue weighted by Crippen LogP contribution is -2.25. The molecule has 2 atom stereocenters. The predicted molar refractivity (Wildman–Crippen MR) is 152 cm³/mol. The van der Waals surface area contributed by atoms with E-state index in [9.17, 15) is 18.0 Å². The Morgan fingerprint density at radius 2 is 1.84 bits per heavy atom. The van der Waals surface area contributed by atoms with Crippen LogP contribution in [0.5, 0.6) is 0 Å². The molecular weight excluding hydrogens is 529 g/mol. The van der Waals surface area contributed by atoms with Crippen molar-refractivity contribution in [3.63, 3.8) is 0 Å². The summed E-state index contributed by atoms with van der Waals surface area (Å²) in [5.74, 6) is -0.233. The zero-order chi connectivity index (χ0) is 27.3. The first-order valence-electron chi connectivity index (χ1n) is 12.4. The topological polar surface area (TPSA) is 80.3 Å². The highest BCUT2D eigenvalue weighted by Crippen LogP contribution is 2.35. The number of benzene rings is 2. The second-order valence-corrected chi connectivity index (χ2v) is 12.7. The summed E-state index contributed by atoms with van der Waals surface area (Å²) >= 11 is 12.8. The standard InChI is InChI=1S/C29H33Cl2NO4S/c1-5-37(35,36)17-20-11-14-23(29(34)28-26(30)7-6-8-27(28)31)25(15-20)22-13-10-18(2)9-12-21(33)16-24(22)19(3)32-4/h6-8,11,13-16,18-19,32H,5,9-10,12,17H2,1-4H3/b22-13+,24-16-/t18?,19-/m0/s1. The summed E-state index contributed by atoms with van der Waals surface area (Å²) in [6, 6.07) is 9.73. The van der Waals surface area contributed by atoms with Crippen LogP contribution in [0.3, 0.4) is 0 Å². The SMILES string of the molecule is CCS(=O)(=O)Cc1ccc(C(=O)c2c(Cl)cccc2Cl)c(C2=C/CC(C)CCC(=O)/C=C\2[C@H](C)NC)c1. The molecule has 198 valence electrons. The van der Waals surface area contributed by atoms with Gasteiger partial charge in [0.05, 0.1) is 21.4 Å². The molecule has 0 saturated carbocycles. The number of ketones is 2. The normalized spacial score (nSPS) is 20.6. The van der Waals surface area contributed by atoms with E-state index in [2.05, 4.69) is 18.3 Å². The van der Waals surface area contributed by atoms with Gasteiger partial charge in [0.25, 0.3) is 0 Å². The fraction of sp³-hybridized carbons (Fsp3) is 0.379. The van der Waals surface area contributed by atoms with Crippen molar-refractivity contribution in [2.75, 3.05) is 12.8 Å². The van der Waals surface area contributed by atoms with E-state index < -0.39 is 9.84 Å². The van der Waals surface area contributed by atoms with Crippen molar-refractivity contribution in [3.8, 4) is 0 Å². The molecular formula is C29H33Cl2NO4S. The number of sulfone groups is 1. The molecule has 1 N–H and O–H groups in total. The number of rotatable bonds is 8. The molecule has 0 amide bonds. The van der Waals surface area contributed by atoms with Crippen molar-refractivity contribution in [3.05, 3.63) is 86.4 Å². The summed E-state index contributed by atoms with van der Waals surface area (Å²) in [7, 11) is -1.51. The Hall–Kier alpha value is -2.25. The Morgan fingerprint density at radius 3 is 2.46 bits per heavy atom. The first-order valence-corrected chi connectivity index (χ1v) is 15.0. The number of hydrogen-bond acceptors (Lipinski definition) is 5. The predicted octanol–water partition coefficient (Wildman–Crippen LogP) is 6.47. The van der Waals surface area contributed by atoms with Gasteiger partial charge in [-0.2, -0.15) is 0 Å². The minimum absolute atomic E-state index is 0.00883. The van der Waals surface area contributed by atoms with Crippen LogP contribution in [0.2, 0.25) is 10.0 Å². The largest absolute Gasteiger partial charge is 0.313 e. The molecule has 0 aromatic heterocycles. The quantitative estimate of drug-likeness (QED) is 0.374. The van der Waals surface area contributed by atoms with Gasteiger partial charge < -0.3 is 5.32 Å². The lowest BCUT2D eigenvalue weighted by atomic mass is 9.85. The van der Waals surface area contributed by atoms with Crippen LogP contribution in [0.15, 0.2) is 54.1 Å². The van der Waals surface area contributed by atoms with E-state index in [1.165, 1.54) is 0 Å². The van der Waals surface area contributed by atoms with Crippen molar-refractivity contribution >= 4 is 50.2 Å². The number of hydrogen-bond donors (Lipinski definition) is 1. The van der Waals surface area contributed by atoms with Crippen molar-refractivity contribution in [2.24, 2.45) is 5.92 Å². The average Bonchev–Trinajstić information content (AvgIpc) is 2.92. The molecule has 1 aliphatic rings. The van der Waals surface area contributed by atoms with Crippen LogP contribution in [0, 0.1) is 5.92 Å². The molecule has 0 aliphatic heterocycles. The lowest BCUT2D eigenvalue weighted by molar-refractivity contribution is -0.114. The van der Waals surface area contributed by atoms with Crippen molar-refractivity contribution in [1.29, 1.82) is 0 Å². The minimum atomic E-state index is -3.32. The Kier molecular flexibility index (Phi) is 9.92. The van der Waals surface area contributed by atoms with Gasteiger partial charge in [-0.25, -0.2) is 8.42 Å². The number of carbonyl (C=O) groups is 2. The van der Waals surface area contributed by atoms with E-state index in [1.54, 1.807) is 49.4 Å². The van der Waals surface area contributed by atoms with E-state index >= 15 is 0 Å². The number of halogens is 2. The Balaban J connectivity index is 2.33. The first kappa shape index (κ1) is 29.3. The molecule has 2 aromatic rings. The molecule has 3 rings (SSSR count). The molecule has 0 bridgehead atoms. The molecule has 0 fully saturated rings. The molecule has 0 radical (unpaired) electrons. The zero-order valence-electron chi connectivity index (χ0n) is 21.6. The Bertz CT molecular complexity index is 1340. The fourth-order valence-electron chi connectivity index (χ4n) is 4.35. The monoisotopic (exact) mass is 561 g/mol. The van der Waals surface area contributed by atoms with Gasteiger partial charge >= 0.3 is 0 Å². The molecule has 8 heteroatoms. The van der Waals surface area contributed by atoms with Gasteiger partial charge in [-0.3, -0.25) is 9.59 Å². The maximum atomic E-state index is 13.9. The maximum Gasteiger partial charge on any atom is 0.196 e. The van der Waals surface area contributed by atoms with Crippen LogP contribution in [-0.2, 0) is 20.4 Å². The highest BCUT2D eigenvalue weighted by atomic mass is 35.5. The lowest BCUT2D eigenvalue weighted by Gasteiger charge is -2.22. The van der Waals surface area contributed by atoms with E-state index in [4.69, 9.17) is 23.2 Å². The molecule has 37 heavy (non-hydrogen) atoms. The summed E-state index contributed by atoms with van der Waals surface area (Å²) in [6.45, 7) is 5.65. The molecule has 1 aliphatic carbocycles. The van der Waals surface area contributed by atoms with Gasteiger partial charge in [-0.1, -0.05) is 61.3 Å². The number of carbonyl (C=O) groups excluding carboxylic acids is 2. The third kappa shape index (κ3) is 7.20. The van der Waals surface area contributed by atoms with Crippen LogP contribution in [0.1, 0.15) is 67.1 Å². The highest BCUT2D eigenvalue weighted by Gasteiger charge is 2.26. The second kappa shape index (κ2) is 12.5. The maximum absolute atomic E-state index is 13.9. The third-order valence-electron chi connectivity index (χ3n) is 6.77. The minimum Gasteiger partial charge on any atom is -0.313 e. The van der Waals surface area contributed by atoms with Crippen molar-refractivity contribution < 1.29 is 18.0 Å².